The van der Waals surface area contributed by atoms with E-state index in [-0.39, 0.29) is 11.7 Å². The molecule has 4 N–H and O–H groups in total. The van der Waals surface area contributed by atoms with Gasteiger partial charge in [-0.25, -0.2) is 4.39 Å². The highest BCUT2D eigenvalue weighted by Crippen LogP contribution is 2.38. The van der Waals surface area contributed by atoms with Crippen LogP contribution in [0.5, 0.6) is 0 Å². The minimum atomic E-state index is -1.47. The Hall–Kier alpha value is -1.87. The first-order valence-electron chi connectivity index (χ1n) is 9.49. The number of ether oxygens (including phenoxy) is 1. The van der Waals surface area contributed by atoms with Gasteiger partial charge in [-0.2, -0.15) is 0 Å². The summed E-state index contributed by atoms with van der Waals surface area (Å²) < 4.78 is 21.4. The van der Waals surface area contributed by atoms with Crippen LogP contribution in [-0.2, 0) is 4.74 Å². The van der Waals surface area contributed by atoms with Crippen molar-refractivity contribution in [1.29, 1.82) is 0 Å². The van der Waals surface area contributed by atoms with E-state index in [1.165, 1.54) is 12.1 Å². The minimum Gasteiger partial charge on any atom is -0.394 e. The first-order valence-corrected chi connectivity index (χ1v) is 10.3. The standard InChI is InChI=1S/C22H23FO5S/c1-11(18-9-12-4-2-3-5-17(12)29-18)14-8-13(6-7-15(14)23)22-21(27)20(26)19(25)16(10-24)28-22/h2-9,11,16,19-22,24-27H,10H2,1H3. The van der Waals surface area contributed by atoms with Crippen LogP contribution >= 0.6 is 11.3 Å². The molecule has 0 amide bonds. The van der Waals surface area contributed by atoms with Gasteiger partial charge in [0.1, 0.15) is 36.3 Å². The molecule has 2 aromatic carbocycles. The van der Waals surface area contributed by atoms with Gasteiger partial charge < -0.3 is 25.2 Å². The van der Waals surface area contributed by atoms with Gasteiger partial charge in [0.05, 0.1) is 6.61 Å². The molecule has 5 nitrogen and oxygen atoms in total. The third kappa shape index (κ3) is 3.70. The molecule has 1 aliphatic heterocycles. The first-order chi connectivity index (χ1) is 13.9. The Bertz CT molecular complexity index is 971. The summed E-state index contributed by atoms with van der Waals surface area (Å²) in [6.45, 7) is 1.41. The van der Waals surface area contributed by atoms with E-state index in [1.54, 1.807) is 17.4 Å². The lowest BCUT2D eigenvalue weighted by Crippen LogP contribution is -2.55. The van der Waals surface area contributed by atoms with Crippen LogP contribution in [-0.4, -0.2) is 51.4 Å². The maximum Gasteiger partial charge on any atom is 0.127 e. The van der Waals surface area contributed by atoms with Crippen molar-refractivity contribution in [1.82, 2.24) is 0 Å². The molecule has 2 heterocycles. The molecule has 1 aromatic heterocycles. The van der Waals surface area contributed by atoms with Crippen LogP contribution in [0.3, 0.4) is 0 Å². The molecule has 7 heteroatoms. The molecule has 0 radical (unpaired) electrons. The van der Waals surface area contributed by atoms with Gasteiger partial charge in [0.2, 0.25) is 0 Å². The average Bonchev–Trinajstić information content (AvgIpc) is 3.17. The van der Waals surface area contributed by atoms with Gasteiger partial charge in [-0.1, -0.05) is 31.2 Å². The summed E-state index contributed by atoms with van der Waals surface area (Å²) in [6.07, 6.45) is -6.29. The second kappa shape index (κ2) is 8.10. The third-order valence-corrected chi connectivity index (χ3v) is 6.88. The van der Waals surface area contributed by atoms with Crippen LogP contribution in [0.2, 0.25) is 0 Å². The highest BCUT2D eigenvalue weighted by molar-refractivity contribution is 7.19. The fourth-order valence-electron chi connectivity index (χ4n) is 3.82. The Kier molecular flexibility index (Phi) is 5.70. The van der Waals surface area contributed by atoms with Gasteiger partial charge in [-0.3, -0.25) is 0 Å². The second-order valence-corrected chi connectivity index (χ2v) is 8.55. The van der Waals surface area contributed by atoms with Gasteiger partial charge in [0, 0.05) is 15.5 Å². The highest BCUT2D eigenvalue weighted by atomic mass is 32.1. The molecule has 4 rings (SSSR count). The zero-order valence-electron chi connectivity index (χ0n) is 15.8. The molecular weight excluding hydrogens is 395 g/mol. The van der Waals surface area contributed by atoms with E-state index >= 15 is 0 Å². The maximum atomic E-state index is 14.7. The first kappa shape index (κ1) is 20.4. The van der Waals surface area contributed by atoms with E-state index in [9.17, 15) is 24.8 Å². The Morgan fingerprint density at radius 2 is 1.79 bits per heavy atom. The number of hydrogen-bond donors (Lipinski definition) is 4. The molecule has 0 spiro atoms. The topological polar surface area (TPSA) is 90.2 Å². The van der Waals surface area contributed by atoms with Crippen LogP contribution in [0.25, 0.3) is 10.1 Å². The molecule has 29 heavy (non-hydrogen) atoms. The Morgan fingerprint density at radius 3 is 2.52 bits per heavy atom. The molecule has 0 aliphatic carbocycles. The predicted molar refractivity (Wildman–Crippen MR) is 108 cm³/mol. The van der Waals surface area contributed by atoms with E-state index in [4.69, 9.17) is 4.74 Å². The van der Waals surface area contributed by atoms with Crippen LogP contribution in [0.4, 0.5) is 4.39 Å². The van der Waals surface area contributed by atoms with Crippen molar-refractivity contribution in [3.63, 3.8) is 0 Å². The van der Waals surface area contributed by atoms with Crippen LogP contribution < -0.4 is 0 Å². The van der Waals surface area contributed by atoms with Crippen molar-refractivity contribution < 1.29 is 29.6 Å². The number of aliphatic hydroxyl groups is 4. The zero-order chi connectivity index (χ0) is 20.7. The molecular formula is C22H23FO5S. The number of fused-ring (bicyclic) bond motifs is 1. The van der Waals surface area contributed by atoms with Gasteiger partial charge in [0.15, 0.2) is 0 Å². The molecule has 1 fully saturated rings. The SMILES string of the molecule is CC(c1cc2ccccc2s1)c1cc(C2OC(CO)C(O)C(O)C2O)ccc1F. The molecule has 154 valence electrons. The lowest BCUT2D eigenvalue weighted by molar-refractivity contribution is -0.231. The molecule has 1 aliphatic rings. The second-order valence-electron chi connectivity index (χ2n) is 7.44. The number of aliphatic hydroxyl groups excluding tert-OH is 4. The summed E-state index contributed by atoms with van der Waals surface area (Å²) in [6, 6.07) is 14.4. The normalized spacial score (nSPS) is 28.6. The quantitative estimate of drug-likeness (QED) is 0.523. The summed E-state index contributed by atoms with van der Waals surface area (Å²) in [7, 11) is 0. The third-order valence-electron chi connectivity index (χ3n) is 5.58. The van der Waals surface area contributed by atoms with E-state index in [2.05, 4.69) is 0 Å². The Balaban J connectivity index is 1.68. The molecule has 6 unspecified atom stereocenters. The van der Waals surface area contributed by atoms with Gasteiger partial charge >= 0.3 is 0 Å². The zero-order valence-corrected chi connectivity index (χ0v) is 16.6. The summed E-state index contributed by atoms with van der Waals surface area (Å²) in [5, 5.41) is 40.9. The number of benzene rings is 2. The summed E-state index contributed by atoms with van der Waals surface area (Å²) >= 11 is 1.60. The number of halogens is 1. The number of rotatable bonds is 4. The van der Waals surface area contributed by atoms with E-state index in [0.29, 0.717) is 11.1 Å². The monoisotopic (exact) mass is 418 g/mol. The van der Waals surface area contributed by atoms with E-state index < -0.39 is 37.1 Å². The molecule has 0 bridgehead atoms. The van der Waals surface area contributed by atoms with Crippen LogP contribution in [0.15, 0.2) is 48.5 Å². The van der Waals surface area contributed by atoms with Crippen LogP contribution in [0.1, 0.15) is 34.9 Å². The lowest BCUT2D eigenvalue weighted by atomic mass is 9.89. The van der Waals surface area contributed by atoms with E-state index in [1.807, 2.05) is 37.3 Å². The van der Waals surface area contributed by atoms with Crippen molar-refractivity contribution in [3.8, 4) is 0 Å². The highest BCUT2D eigenvalue weighted by Gasteiger charge is 2.44. The lowest BCUT2D eigenvalue weighted by Gasteiger charge is -2.40. The minimum absolute atomic E-state index is 0.225. The average molecular weight is 418 g/mol. The summed E-state index contributed by atoms with van der Waals surface area (Å²) in [4.78, 5) is 1.01. The molecule has 3 aromatic rings. The molecule has 0 saturated carbocycles. The fourth-order valence-corrected chi connectivity index (χ4v) is 4.95. The van der Waals surface area contributed by atoms with Crippen molar-refractivity contribution in [2.75, 3.05) is 6.61 Å². The largest absolute Gasteiger partial charge is 0.394 e. The molecule has 1 saturated heterocycles. The van der Waals surface area contributed by atoms with Crippen molar-refractivity contribution in [3.05, 3.63) is 70.4 Å². The van der Waals surface area contributed by atoms with Gasteiger partial charge in [-0.05, 0) is 40.8 Å². The van der Waals surface area contributed by atoms with Crippen molar-refractivity contribution in [2.24, 2.45) is 0 Å². The van der Waals surface area contributed by atoms with Crippen molar-refractivity contribution >= 4 is 21.4 Å². The van der Waals surface area contributed by atoms with Crippen LogP contribution in [0, 0.1) is 5.82 Å². The smallest absolute Gasteiger partial charge is 0.127 e. The number of hydrogen-bond acceptors (Lipinski definition) is 6. The summed E-state index contributed by atoms with van der Waals surface area (Å²) in [5.74, 6) is -0.597. The molecule has 6 atom stereocenters. The predicted octanol–water partition coefficient (Wildman–Crippen LogP) is 2.71. The van der Waals surface area contributed by atoms with Gasteiger partial charge in [0.25, 0.3) is 0 Å². The summed E-state index contributed by atoms with van der Waals surface area (Å²) in [5.41, 5.74) is 0.928. The van der Waals surface area contributed by atoms with Crippen molar-refractivity contribution in [2.45, 2.75) is 43.4 Å². The fraction of sp³-hybridized carbons (Fsp3) is 0.364. The maximum absolute atomic E-state index is 14.7. The Morgan fingerprint density at radius 1 is 1.03 bits per heavy atom. The Labute approximate surface area is 171 Å². The van der Waals surface area contributed by atoms with E-state index in [0.717, 1.165) is 15.0 Å². The van der Waals surface area contributed by atoms with Gasteiger partial charge in [-0.15, -0.1) is 11.3 Å². The number of thiophene rings is 1.